The van der Waals surface area contributed by atoms with E-state index in [1.165, 1.54) is 6.26 Å². The van der Waals surface area contributed by atoms with E-state index in [9.17, 15) is 19.5 Å². The lowest BCUT2D eigenvalue weighted by Gasteiger charge is -2.36. The third-order valence-corrected chi connectivity index (χ3v) is 5.83. The van der Waals surface area contributed by atoms with Crippen LogP contribution in [-0.4, -0.2) is 39.9 Å². The molecule has 0 fully saturated rings. The summed E-state index contributed by atoms with van der Waals surface area (Å²) < 4.78 is 5.54. The molecule has 0 aliphatic rings. The standard InChI is InChI=1S/C28H33N3O5/c1-19(2)16-23(28(34)35)31(27(33)22(29)17-20-10-5-3-6-11-20)25(24-14-9-15-36-24)26(32)30-18-21-12-7-4-8-13-21/h3-15,19,22-23,25H,16-18,29H2,1-2H3,(H,30,32)(H,34,35)/t22-,23-,25?/m0/s1. The van der Waals surface area contributed by atoms with Crippen molar-refractivity contribution < 1.29 is 23.9 Å². The Labute approximate surface area is 211 Å². The van der Waals surface area contributed by atoms with Gasteiger partial charge < -0.3 is 25.5 Å². The predicted molar refractivity (Wildman–Crippen MR) is 136 cm³/mol. The van der Waals surface area contributed by atoms with Gasteiger partial charge in [0.1, 0.15) is 11.8 Å². The Hall–Kier alpha value is -3.91. The van der Waals surface area contributed by atoms with Crippen LogP contribution in [0.25, 0.3) is 0 Å². The van der Waals surface area contributed by atoms with Gasteiger partial charge in [0.25, 0.3) is 5.91 Å². The first-order chi connectivity index (χ1) is 17.3. The van der Waals surface area contributed by atoms with Crippen LogP contribution in [-0.2, 0) is 27.3 Å². The number of carboxylic acid groups (broad SMARTS) is 1. The molecular weight excluding hydrogens is 458 g/mol. The van der Waals surface area contributed by atoms with Gasteiger partial charge in [-0.05, 0) is 42.0 Å². The van der Waals surface area contributed by atoms with Gasteiger partial charge in [0, 0.05) is 6.54 Å². The number of carboxylic acids is 1. The number of carbonyl (C=O) groups excluding carboxylic acids is 2. The van der Waals surface area contributed by atoms with Crippen molar-refractivity contribution in [3.05, 3.63) is 95.9 Å². The van der Waals surface area contributed by atoms with Crippen molar-refractivity contribution in [2.45, 2.75) is 51.4 Å². The van der Waals surface area contributed by atoms with Crippen molar-refractivity contribution >= 4 is 17.8 Å². The van der Waals surface area contributed by atoms with E-state index in [2.05, 4.69) is 5.32 Å². The van der Waals surface area contributed by atoms with Crippen LogP contribution < -0.4 is 11.1 Å². The van der Waals surface area contributed by atoms with Crippen molar-refractivity contribution in [1.82, 2.24) is 10.2 Å². The summed E-state index contributed by atoms with van der Waals surface area (Å²) in [6, 6.07) is 18.0. The minimum absolute atomic E-state index is 0.0589. The van der Waals surface area contributed by atoms with Crippen LogP contribution >= 0.6 is 0 Å². The molecule has 0 spiro atoms. The molecule has 3 aromatic rings. The highest BCUT2D eigenvalue weighted by Crippen LogP contribution is 2.28. The number of rotatable bonds is 12. The number of carbonyl (C=O) groups is 3. The van der Waals surface area contributed by atoms with Crippen molar-refractivity contribution in [2.24, 2.45) is 11.7 Å². The summed E-state index contributed by atoms with van der Waals surface area (Å²) in [7, 11) is 0. The fraction of sp³-hybridized carbons (Fsp3) is 0.321. The number of nitrogens with two attached hydrogens (primary N) is 1. The van der Waals surface area contributed by atoms with E-state index in [0.717, 1.165) is 16.0 Å². The second kappa shape index (κ2) is 12.7. The average molecular weight is 492 g/mol. The Balaban J connectivity index is 1.98. The van der Waals surface area contributed by atoms with Crippen LogP contribution in [0.5, 0.6) is 0 Å². The van der Waals surface area contributed by atoms with E-state index in [4.69, 9.17) is 10.2 Å². The van der Waals surface area contributed by atoms with E-state index in [0.29, 0.717) is 0 Å². The lowest BCUT2D eigenvalue weighted by atomic mass is 9.97. The average Bonchev–Trinajstić information content (AvgIpc) is 3.39. The number of nitrogens with one attached hydrogen (secondary N) is 1. The molecule has 0 radical (unpaired) electrons. The molecular formula is C28H33N3O5. The third-order valence-electron chi connectivity index (χ3n) is 5.83. The minimum atomic E-state index is -1.31. The molecule has 3 atom stereocenters. The van der Waals surface area contributed by atoms with Crippen LogP contribution in [0, 0.1) is 5.92 Å². The fourth-order valence-corrected chi connectivity index (χ4v) is 4.11. The molecule has 190 valence electrons. The molecule has 4 N–H and O–H groups in total. The lowest BCUT2D eigenvalue weighted by Crippen LogP contribution is -2.56. The summed E-state index contributed by atoms with van der Waals surface area (Å²) in [5.41, 5.74) is 8.02. The molecule has 36 heavy (non-hydrogen) atoms. The maximum absolute atomic E-state index is 13.8. The second-order valence-corrected chi connectivity index (χ2v) is 9.15. The molecule has 2 amide bonds. The number of hydrogen-bond acceptors (Lipinski definition) is 5. The Kier molecular flexibility index (Phi) is 9.41. The molecule has 8 heteroatoms. The maximum atomic E-state index is 13.8. The van der Waals surface area contributed by atoms with Crippen LogP contribution in [0.2, 0.25) is 0 Å². The van der Waals surface area contributed by atoms with Gasteiger partial charge in [-0.3, -0.25) is 9.59 Å². The first-order valence-corrected chi connectivity index (χ1v) is 12.0. The monoisotopic (exact) mass is 491 g/mol. The fourth-order valence-electron chi connectivity index (χ4n) is 4.11. The van der Waals surface area contributed by atoms with E-state index >= 15 is 0 Å². The van der Waals surface area contributed by atoms with Crippen molar-refractivity contribution in [3.63, 3.8) is 0 Å². The number of nitrogens with zero attached hydrogens (tertiary/aromatic N) is 1. The van der Waals surface area contributed by atoms with Crippen molar-refractivity contribution in [1.29, 1.82) is 0 Å². The predicted octanol–water partition coefficient (Wildman–Crippen LogP) is 3.54. The topological polar surface area (TPSA) is 126 Å². The number of hydrogen-bond donors (Lipinski definition) is 3. The highest BCUT2D eigenvalue weighted by atomic mass is 16.4. The van der Waals surface area contributed by atoms with Gasteiger partial charge in [0.15, 0.2) is 6.04 Å². The maximum Gasteiger partial charge on any atom is 0.326 e. The van der Waals surface area contributed by atoms with Gasteiger partial charge in [0.2, 0.25) is 5.91 Å². The molecule has 8 nitrogen and oxygen atoms in total. The van der Waals surface area contributed by atoms with Gasteiger partial charge in [-0.2, -0.15) is 0 Å². The minimum Gasteiger partial charge on any atom is -0.480 e. The van der Waals surface area contributed by atoms with Crippen LogP contribution in [0.3, 0.4) is 0 Å². The van der Waals surface area contributed by atoms with Gasteiger partial charge >= 0.3 is 5.97 Å². The van der Waals surface area contributed by atoms with Gasteiger partial charge in [-0.25, -0.2) is 4.79 Å². The highest BCUT2D eigenvalue weighted by molar-refractivity contribution is 5.93. The molecule has 1 aromatic heterocycles. The first kappa shape index (κ1) is 26.7. The zero-order valence-corrected chi connectivity index (χ0v) is 20.5. The summed E-state index contributed by atoms with van der Waals surface area (Å²) in [5, 5.41) is 13.0. The smallest absolute Gasteiger partial charge is 0.326 e. The lowest BCUT2D eigenvalue weighted by molar-refractivity contribution is -0.157. The normalized spacial score (nSPS) is 13.6. The molecule has 1 unspecified atom stereocenters. The second-order valence-electron chi connectivity index (χ2n) is 9.15. The zero-order chi connectivity index (χ0) is 26.1. The van der Waals surface area contributed by atoms with Crippen molar-refractivity contribution in [3.8, 4) is 0 Å². The zero-order valence-electron chi connectivity index (χ0n) is 20.5. The number of benzene rings is 2. The summed E-state index contributed by atoms with van der Waals surface area (Å²) in [5.74, 6) is -2.30. The molecule has 0 saturated heterocycles. The highest BCUT2D eigenvalue weighted by Gasteiger charge is 2.42. The SMILES string of the molecule is CC(C)C[C@@H](C(=O)O)N(C(=O)[C@@H](N)Cc1ccccc1)C(C(=O)NCc1ccccc1)c1ccco1. The number of amides is 2. The molecule has 0 bridgehead atoms. The Morgan fingerprint density at radius 3 is 2.08 bits per heavy atom. The van der Waals surface area contributed by atoms with Crippen molar-refractivity contribution in [2.75, 3.05) is 0 Å². The quantitative estimate of drug-likeness (QED) is 0.356. The summed E-state index contributed by atoms with van der Waals surface area (Å²) in [6.07, 6.45) is 1.72. The molecule has 1 heterocycles. The summed E-state index contributed by atoms with van der Waals surface area (Å²) in [6.45, 7) is 3.93. The largest absolute Gasteiger partial charge is 0.480 e. The van der Waals surface area contributed by atoms with Crippen LogP contribution in [0.4, 0.5) is 0 Å². The summed E-state index contributed by atoms with van der Waals surface area (Å²) >= 11 is 0. The Bertz CT molecular complexity index is 1120. The van der Waals surface area contributed by atoms with Gasteiger partial charge in [-0.15, -0.1) is 0 Å². The van der Waals surface area contributed by atoms with E-state index < -0.39 is 35.9 Å². The third kappa shape index (κ3) is 7.05. The van der Waals surface area contributed by atoms with E-state index in [1.807, 2.05) is 74.5 Å². The molecule has 3 rings (SSSR count). The van der Waals surface area contributed by atoms with Crippen LogP contribution in [0.15, 0.2) is 83.5 Å². The van der Waals surface area contributed by atoms with E-state index in [-0.39, 0.29) is 31.1 Å². The number of aliphatic carboxylic acids is 1. The molecule has 2 aromatic carbocycles. The Morgan fingerprint density at radius 2 is 1.56 bits per heavy atom. The first-order valence-electron chi connectivity index (χ1n) is 12.0. The van der Waals surface area contributed by atoms with Gasteiger partial charge in [0.05, 0.1) is 12.3 Å². The van der Waals surface area contributed by atoms with Gasteiger partial charge in [-0.1, -0.05) is 74.5 Å². The molecule has 0 aliphatic heterocycles. The molecule has 0 aliphatic carbocycles. The Morgan fingerprint density at radius 1 is 0.944 bits per heavy atom. The van der Waals surface area contributed by atoms with Crippen LogP contribution in [0.1, 0.15) is 43.2 Å². The number of furan rings is 1. The molecule has 0 saturated carbocycles. The summed E-state index contributed by atoms with van der Waals surface area (Å²) in [4.78, 5) is 40.9. The van der Waals surface area contributed by atoms with E-state index in [1.54, 1.807) is 12.1 Å².